The second-order valence-corrected chi connectivity index (χ2v) is 12.4. The third kappa shape index (κ3) is 5.15. The van der Waals surface area contributed by atoms with Crippen LogP contribution in [0.15, 0.2) is 62.7 Å². The maximum atomic E-state index is 13.1. The average molecular weight is 535 g/mol. The Hall–Kier alpha value is -3.22. The molecule has 0 atom stereocenters. The molecule has 192 valence electrons. The molecule has 0 bridgehead atoms. The Morgan fingerprint density at radius 1 is 1.00 bits per heavy atom. The summed E-state index contributed by atoms with van der Waals surface area (Å²) < 4.78 is 61.3. The van der Waals surface area contributed by atoms with E-state index in [1.54, 1.807) is 31.2 Å². The van der Waals surface area contributed by atoms with Crippen molar-refractivity contribution in [3.8, 4) is 0 Å². The van der Waals surface area contributed by atoms with Gasteiger partial charge < -0.3 is 14.5 Å². The second-order valence-electron chi connectivity index (χ2n) is 8.43. The van der Waals surface area contributed by atoms with Gasteiger partial charge >= 0.3 is 5.97 Å². The second kappa shape index (κ2) is 10.0. The maximum absolute atomic E-state index is 13.1. The number of hydrogen-bond donors (Lipinski definition) is 1. The van der Waals surface area contributed by atoms with Crippen LogP contribution in [0, 0.1) is 5.92 Å². The molecule has 0 aliphatic carbocycles. The molecule has 0 spiro atoms. The Labute approximate surface area is 209 Å². The van der Waals surface area contributed by atoms with Gasteiger partial charge in [-0.15, -0.1) is 0 Å². The molecule has 1 saturated heterocycles. The van der Waals surface area contributed by atoms with Gasteiger partial charge in [-0.25, -0.2) is 21.6 Å². The number of sulfonamides is 1. The first-order valence-corrected chi connectivity index (χ1v) is 14.6. The lowest BCUT2D eigenvalue weighted by molar-refractivity contribution is -0.120. The molecular weight excluding hydrogens is 508 g/mol. The minimum atomic E-state index is -3.85. The zero-order chi connectivity index (χ0) is 26.1. The van der Waals surface area contributed by atoms with Crippen LogP contribution >= 0.6 is 0 Å². The lowest BCUT2D eigenvalue weighted by atomic mass is 9.97. The highest BCUT2D eigenvalue weighted by Crippen LogP contribution is 2.33. The summed E-state index contributed by atoms with van der Waals surface area (Å²) in [6.07, 6.45) is 1.60. The van der Waals surface area contributed by atoms with Gasteiger partial charge in [-0.2, -0.15) is 4.31 Å². The first-order chi connectivity index (χ1) is 17.0. The van der Waals surface area contributed by atoms with Gasteiger partial charge in [0.05, 0.1) is 16.4 Å². The lowest BCUT2D eigenvalue weighted by Crippen LogP contribution is -2.41. The zero-order valence-electron chi connectivity index (χ0n) is 19.8. The van der Waals surface area contributed by atoms with E-state index in [-0.39, 0.29) is 59.7 Å². The van der Waals surface area contributed by atoms with E-state index < -0.39 is 31.7 Å². The Morgan fingerprint density at radius 2 is 1.61 bits per heavy atom. The Morgan fingerprint density at radius 3 is 2.22 bits per heavy atom. The van der Waals surface area contributed by atoms with Crippen molar-refractivity contribution in [2.45, 2.75) is 29.6 Å². The van der Waals surface area contributed by atoms with Crippen LogP contribution in [0.3, 0.4) is 0 Å². The van der Waals surface area contributed by atoms with Crippen molar-refractivity contribution in [1.29, 1.82) is 0 Å². The van der Waals surface area contributed by atoms with Crippen molar-refractivity contribution in [2.75, 3.05) is 31.3 Å². The van der Waals surface area contributed by atoms with E-state index in [4.69, 9.17) is 9.15 Å². The fourth-order valence-corrected chi connectivity index (χ4v) is 6.20. The first kappa shape index (κ1) is 25.9. The molecule has 1 amide bonds. The van der Waals surface area contributed by atoms with Crippen molar-refractivity contribution in [3.63, 3.8) is 0 Å². The van der Waals surface area contributed by atoms with E-state index in [1.165, 1.54) is 28.6 Å². The molecule has 1 fully saturated rings. The third-order valence-corrected chi connectivity index (χ3v) is 9.06. The van der Waals surface area contributed by atoms with Crippen molar-refractivity contribution in [1.82, 2.24) is 4.31 Å². The van der Waals surface area contributed by atoms with E-state index in [0.717, 1.165) is 6.26 Å². The number of hydrogen-bond acceptors (Lipinski definition) is 8. The average Bonchev–Trinajstić information content (AvgIpc) is 3.22. The molecule has 10 nitrogen and oxygen atoms in total. The summed E-state index contributed by atoms with van der Waals surface area (Å²) in [5, 5.41) is 3.35. The summed E-state index contributed by atoms with van der Waals surface area (Å²) in [4.78, 5) is 25.5. The summed E-state index contributed by atoms with van der Waals surface area (Å²) in [7, 11) is -7.29. The van der Waals surface area contributed by atoms with E-state index in [0.29, 0.717) is 11.0 Å². The Kier molecular flexibility index (Phi) is 7.21. The van der Waals surface area contributed by atoms with Gasteiger partial charge in [0.2, 0.25) is 21.7 Å². The molecule has 1 aromatic heterocycles. The number of benzene rings is 2. The number of ether oxygens (including phenoxy) is 1. The van der Waals surface area contributed by atoms with Gasteiger partial charge in [0.15, 0.2) is 9.84 Å². The zero-order valence-corrected chi connectivity index (χ0v) is 21.4. The van der Waals surface area contributed by atoms with Gasteiger partial charge in [-0.3, -0.25) is 4.79 Å². The molecule has 0 radical (unpaired) electrons. The molecule has 1 aliphatic rings. The molecule has 0 saturated carbocycles. The molecule has 4 rings (SSSR count). The van der Waals surface area contributed by atoms with Gasteiger partial charge in [-0.1, -0.05) is 12.1 Å². The number of piperidine rings is 1. The van der Waals surface area contributed by atoms with Crippen molar-refractivity contribution >= 4 is 48.4 Å². The number of amides is 1. The predicted molar refractivity (Wildman–Crippen MR) is 132 cm³/mol. The molecule has 2 heterocycles. The number of carbonyl (C=O) groups is 2. The highest BCUT2D eigenvalue weighted by atomic mass is 32.2. The van der Waals surface area contributed by atoms with Crippen LogP contribution in [0.2, 0.25) is 0 Å². The number of nitrogens with zero attached hydrogens (tertiary/aromatic N) is 1. The Bertz CT molecular complexity index is 1500. The largest absolute Gasteiger partial charge is 0.460 e. The summed E-state index contributed by atoms with van der Waals surface area (Å²) in [6.45, 7) is 2.05. The van der Waals surface area contributed by atoms with Crippen molar-refractivity contribution in [3.05, 3.63) is 54.3 Å². The monoisotopic (exact) mass is 534 g/mol. The normalized spacial score (nSPS) is 15.6. The molecule has 1 aliphatic heterocycles. The van der Waals surface area contributed by atoms with Crippen molar-refractivity contribution < 1.29 is 35.6 Å². The standard InChI is InChI=1S/C24H26N2O8S2/c1-3-33-24(28)22-21(19-6-4-5-7-20(19)34-22)25-23(27)16-12-14-26(15-13-16)36(31,32)18-10-8-17(9-11-18)35(2,29)30/h4-11,16H,3,12-15H2,1-2H3,(H,25,27). The Balaban J connectivity index is 1.47. The fraction of sp³-hybridized carbons (Fsp3) is 0.333. The lowest BCUT2D eigenvalue weighted by Gasteiger charge is -2.30. The van der Waals surface area contributed by atoms with Crippen molar-refractivity contribution in [2.24, 2.45) is 5.92 Å². The van der Waals surface area contributed by atoms with E-state index in [9.17, 15) is 26.4 Å². The van der Waals surface area contributed by atoms with Crippen LogP contribution in [0.4, 0.5) is 5.69 Å². The van der Waals surface area contributed by atoms with Crippen LogP contribution in [0.1, 0.15) is 30.3 Å². The van der Waals surface area contributed by atoms with E-state index in [2.05, 4.69) is 5.32 Å². The molecule has 12 heteroatoms. The topological polar surface area (TPSA) is 140 Å². The first-order valence-electron chi connectivity index (χ1n) is 11.3. The van der Waals surface area contributed by atoms with Gasteiger partial charge in [0.1, 0.15) is 11.3 Å². The minimum Gasteiger partial charge on any atom is -0.460 e. The fourth-order valence-electron chi connectivity index (χ4n) is 4.10. The summed E-state index contributed by atoms with van der Waals surface area (Å²) >= 11 is 0. The maximum Gasteiger partial charge on any atom is 0.376 e. The molecule has 3 aromatic rings. The number of para-hydroxylation sites is 1. The van der Waals surface area contributed by atoms with Gasteiger partial charge in [0, 0.05) is 30.6 Å². The number of rotatable bonds is 7. The molecule has 2 aromatic carbocycles. The van der Waals surface area contributed by atoms with E-state index in [1.807, 2.05) is 0 Å². The van der Waals surface area contributed by atoms with Crippen LogP contribution in [-0.4, -0.2) is 59.0 Å². The highest BCUT2D eigenvalue weighted by Gasteiger charge is 2.33. The number of fused-ring (bicyclic) bond motifs is 1. The SMILES string of the molecule is CCOC(=O)c1oc2ccccc2c1NC(=O)C1CCN(S(=O)(=O)c2ccc(S(C)(=O)=O)cc2)CC1. The summed E-state index contributed by atoms with van der Waals surface area (Å²) in [6, 6.07) is 12.0. The van der Waals surface area contributed by atoms with Crippen LogP contribution in [-0.2, 0) is 29.4 Å². The van der Waals surface area contributed by atoms with Gasteiger partial charge in [-0.05, 0) is 56.2 Å². The van der Waals surface area contributed by atoms with Gasteiger partial charge in [0.25, 0.3) is 0 Å². The molecule has 36 heavy (non-hydrogen) atoms. The molecular formula is C24H26N2O8S2. The van der Waals surface area contributed by atoms with Crippen LogP contribution < -0.4 is 5.32 Å². The minimum absolute atomic E-state index is 0.0123. The van der Waals surface area contributed by atoms with E-state index >= 15 is 0 Å². The van der Waals surface area contributed by atoms with Crippen LogP contribution in [0.25, 0.3) is 11.0 Å². The molecule has 0 unspecified atom stereocenters. The summed E-state index contributed by atoms with van der Waals surface area (Å²) in [5.74, 6) is -1.61. The number of furan rings is 1. The predicted octanol–water partition coefficient (Wildman–Crippen LogP) is 3.05. The number of carbonyl (C=O) groups excluding carboxylic acids is 2. The number of sulfone groups is 1. The van der Waals surface area contributed by atoms with Crippen LogP contribution in [0.5, 0.6) is 0 Å². The third-order valence-electron chi connectivity index (χ3n) is 6.02. The number of anilines is 1. The summed E-state index contributed by atoms with van der Waals surface area (Å²) in [5.41, 5.74) is 0.661. The quantitative estimate of drug-likeness (QED) is 0.456. The number of esters is 1. The molecule has 1 N–H and O–H groups in total. The highest BCUT2D eigenvalue weighted by molar-refractivity contribution is 7.90. The smallest absolute Gasteiger partial charge is 0.376 e. The number of nitrogens with one attached hydrogen (secondary N) is 1.